The predicted octanol–water partition coefficient (Wildman–Crippen LogP) is 2.95. The summed E-state index contributed by atoms with van der Waals surface area (Å²) in [6.07, 6.45) is -0.922. The maximum atomic E-state index is 13.5. The number of nitrogens with zero attached hydrogens (tertiary/aromatic N) is 1. The first-order chi connectivity index (χ1) is 17.1. The van der Waals surface area contributed by atoms with Crippen molar-refractivity contribution < 1.29 is 42.6 Å². The predicted molar refractivity (Wildman–Crippen MR) is 121 cm³/mol. The number of benzene rings is 2. The molecule has 36 heavy (non-hydrogen) atoms. The molecule has 2 amide bonds. The lowest BCUT2D eigenvalue weighted by atomic mass is 9.94. The Morgan fingerprint density at radius 3 is 2.36 bits per heavy atom. The number of halogens is 3. The summed E-state index contributed by atoms with van der Waals surface area (Å²) in [7, 11) is 0. The molecule has 0 radical (unpaired) electrons. The van der Waals surface area contributed by atoms with E-state index in [1.807, 2.05) is 35.2 Å². The van der Waals surface area contributed by atoms with Gasteiger partial charge in [0.2, 0.25) is 0 Å². The van der Waals surface area contributed by atoms with Gasteiger partial charge >= 0.3 is 12.1 Å². The Kier molecular flexibility index (Phi) is 8.33. The normalized spacial score (nSPS) is 16.6. The highest BCUT2D eigenvalue weighted by atomic mass is 19.4. The van der Waals surface area contributed by atoms with Gasteiger partial charge in [0.05, 0.1) is 5.56 Å². The number of rotatable bonds is 4. The third-order valence-electron chi connectivity index (χ3n) is 5.62. The Balaban J connectivity index is 0.000000454. The third-order valence-corrected chi connectivity index (χ3v) is 5.62. The number of aliphatic carboxylic acids is 1. The molecule has 12 heteroatoms. The van der Waals surface area contributed by atoms with Crippen LogP contribution < -0.4 is 15.5 Å². The van der Waals surface area contributed by atoms with Gasteiger partial charge in [0.15, 0.2) is 5.72 Å². The van der Waals surface area contributed by atoms with Crippen molar-refractivity contribution in [1.29, 1.82) is 0 Å². The van der Waals surface area contributed by atoms with Gasteiger partial charge in [0, 0.05) is 38.6 Å². The van der Waals surface area contributed by atoms with Crippen molar-refractivity contribution in [2.24, 2.45) is 0 Å². The lowest BCUT2D eigenvalue weighted by molar-refractivity contribution is -0.192. The minimum Gasteiger partial charge on any atom is -0.475 e. The monoisotopic (exact) mass is 507 g/mol. The number of carbonyl (C=O) groups excluding carboxylic acids is 2. The van der Waals surface area contributed by atoms with Crippen LogP contribution in [0.4, 0.5) is 13.2 Å². The van der Waals surface area contributed by atoms with Crippen molar-refractivity contribution in [2.45, 2.75) is 31.3 Å². The SMILES string of the molecule is O=C(/C=C/c1ccc2c(c1)C(=O)N(Cc1ccccc1)C1(CCNCC1)O2)NO.O=C(O)C(F)(F)F. The summed E-state index contributed by atoms with van der Waals surface area (Å²) in [5.74, 6) is -2.92. The molecule has 1 saturated heterocycles. The molecule has 0 aliphatic carbocycles. The molecule has 192 valence electrons. The van der Waals surface area contributed by atoms with E-state index in [0.29, 0.717) is 36.3 Å². The van der Waals surface area contributed by atoms with Crippen LogP contribution in [-0.4, -0.2) is 58.0 Å². The number of carboxylic acids is 1. The Hall–Kier alpha value is -3.90. The fraction of sp³-hybridized carbons (Fsp3) is 0.292. The number of hydrogen-bond acceptors (Lipinski definition) is 6. The van der Waals surface area contributed by atoms with Crippen LogP contribution in [0.2, 0.25) is 0 Å². The van der Waals surface area contributed by atoms with Gasteiger partial charge in [-0.05, 0) is 29.3 Å². The molecule has 2 heterocycles. The van der Waals surface area contributed by atoms with Crippen LogP contribution in [0.1, 0.15) is 34.3 Å². The minimum atomic E-state index is -5.08. The number of fused-ring (bicyclic) bond motifs is 1. The van der Waals surface area contributed by atoms with E-state index in [4.69, 9.17) is 19.8 Å². The molecular weight excluding hydrogens is 483 g/mol. The number of alkyl halides is 3. The van der Waals surface area contributed by atoms with E-state index in [0.717, 1.165) is 18.7 Å². The molecule has 2 aromatic carbocycles. The van der Waals surface area contributed by atoms with Gasteiger partial charge in [-0.1, -0.05) is 36.4 Å². The zero-order valence-electron chi connectivity index (χ0n) is 18.9. The van der Waals surface area contributed by atoms with Gasteiger partial charge in [-0.3, -0.25) is 19.7 Å². The van der Waals surface area contributed by atoms with Gasteiger partial charge in [-0.2, -0.15) is 13.2 Å². The van der Waals surface area contributed by atoms with E-state index >= 15 is 0 Å². The van der Waals surface area contributed by atoms with Crippen molar-refractivity contribution in [2.75, 3.05) is 13.1 Å². The molecule has 2 aliphatic heterocycles. The summed E-state index contributed by atoms with van der Waals surface area (Å²) in [6, 6.07) is 15.2. The average molecular weight is 507 g/mol. The third kappa shape index (κ3) is 6.40. The van der Waals surface area contributed by atoms with Crippen molar-refractivity contribution >= 4 is 23.9 Å². The summed E-state index contributed by atoms with van der Waals surface area (Å²) in [5.41, 5.74) is 3.06. The first-order valence-electron chi connectivity index (χ1n) is 10.9. The summed E-state index contributed by atoms with van der Waals surface area (Å²) >= 11 is 0. The molecule has 2 aromatic rings. The first kappa shape index (κ1) is 26.7. The second kappa shape index (κ2) is 11.2. The van der Waals surface area contributed by atoms with E-state index in [2.05, 4.69) is 5.32 Å². The molecule has 0 saturated carbocycles. The molecule has 0 bridgehead atoms. The largest absolute Gasteiger partial charge is 0.490 e. The number of hydroxylamine groups is 1. The van der Waals surface area contributed by atoms with Crippen LogP contribution in [0.15, 0.2) is 54.6 Å². The van der Waals surface area contributed by atoms with Gasteiger partial charge in [-0.15, -0.1) is 0 Å². The van der Waals surface area contributed by atoms with Gasteiger partial charge in [-0.25, -0.2) is 10.3 Å². The highest BCUT2D eigenvalue weighted by Gasteiger charge is 2.47. The summed E-state index contributed by atoms with van der Waals surface area (Å²) in [6.45, 7) is 2.03. The molecule has 4 rings (SSSR count). The van der Waals surface area contributed by atoms with Gasteiger partial charge in [0.25, 0.3) is 11.8 Å². The number of hydrogen-bond donors (Lipinski definition) is 4. The van der Waals surface area contributed by atoms with Gasteiger partial charge < -0.3 is 15.2 Å². The number of ether oxygens (including phenoxy) is 1. The Bertz CT molecular complexity index is 1130. The lowest BCUT2D eigenvalue weighted by Crippen LogP contribution is -2.62. The molecule has 1 spiro atoms. The number of piperidine rings is 1. The number of carbonyl (C=O) groups is 3. The second-order valence-electron chi connectivity index (χ2n) is 8.04. The molecule has 0 atom stereocenters. The topological polar surface area (TPSA) is 128 Å². The van der Waals surface area contributed by atoms with Crippen LogP contribution in [0.3, 0.4) is 0 Å². The highest BCUT2D eigenvalue weighted by molar-refractivity contribution is 5.99. The zero-order chi connectivity index (χ0) is 26.3. The van der Waals surface area contributed by atoms with Crippen LogP contribution in [0, 0.1) is 0 Å². The fourth-order valence-electron chi connectivity index (χ4n) is 3.88. The molecule has 9 nitrogen and oxygen atoms in total. The Morgan fingerprint density at radius 2 is 1.78 bits per heavy atom. The van der Waals surface area contributed by atoms with E-state index in [9.17, 15) is 22.8 Å². The van der Waals surface area contributed by atoms with Crippen molar-refractivity contribution in [3.8, 4) is 5.75 Å². The smallest absolute Gasteiger partial charge is 0.475 e. The second-order valence-corrected chi connectivity index (χ2v) is 8.04. The van der Waals surface area contributed by atoms with Crippen molar-refractivity contribution in [3.05, 3.63) is 71.3 Å². The molecule has 2 aliphatic rings. The summed E-state index contributed by atoms with van der Waals surface area (Å²) < 4.78 is 38.2. The minimum absolute atomic E-state index is 0.0844. The van der Waals surface area contributed by atoms with Crippen LogP contribution >= 0.6 is 0 Å². The number of amides is 2. The number of carboxylic acid groups (broad SMARTS) is 1. The summed E-state index contributed by atoms with van der Waals surface area (Å²) in [4.78, 5) is 35.5. The number of nitrogens with one attached hydrogen (secondary N) is 2. The van der Waals surface area contributed by atoms with Crippen LogP contribution in [0.5, 0.6) is 5.75 Å². The molecule has 1 fully saturated rings. The first-order valence-corrected chi connectivity index (χ1v) is 10.9. The van der Waals surface area contributed by atoms with Crippen LogP contribution in [0.25, 0.3) is 6.08 Å². The zero-order valence-corrected chi connectivity index (χ0v) is 18.9. The van der Waals surface area contributed by atoms with E-state index in [-0.39, 0.29) is 5.91 Å². The van der Waals surface area contributed by atoms with Crippen molar-refractivity contribution in [1.82, 2.24) is 15.7 Å². The fourth-order valence-corrected chi connectivity index (χ4v) is 3.88. The quantitative estimate of drug-likeness (QED) is 0.285. The van der Waals surface area contributed by atoms with Gasteiger partial charge in [0.1, 0.15) is 5.75 Å². The van der Waals surface area contributed by atoms with E-state index < -0.39 is 23.8 Å². The van der Waals surface area contributed by atoms with Crippen molar-refractivity contribution in [3.63, 3.8) is 0 Å². The Labute approximate surface area is 204 Å². The molecule has 0 aromatic heterocycles. The Morgan fingerprint density at radius 1 is 1.14 bits per heavy atom. The maximum absolute atomic E-state index is 13.5. The molecule has 4 N–H and O–H groups in total. The van der Waals surface area contributed by atoms with E-state index in [1.165, 1.54) is 12.2 Å². The molecule has 0 unspecified atom stereocenters. The van der Waals surface area contributed by atoms with Crippen LogP contribution in [-0.2, 0) is 16.1 Å². The highest BCUT2D eigenvalue weighted by Crippen LogP contribution is 2.39. The average Bonchev–Trinajstić information content (AvgIpc) is 2.86. The summed E-state index contributed by atoms with van der Waals surface area (Å²) in [5, 5.41) is 19.1. The lowest BCUT2D eigenvalue weighted by Gasteiger charge is -2.49. The maximum Gasteiger partial charge on any atom is 0.490 e. The molecular formula is C24H24F3N3O6. The van der Waals surface area contributed by atoms with E-state index in [1.54, 1.807) is 23.7 Å². The standard InChI is InChI=1S/C22H23N3O4.C2HF3O2/c26-20(24-28)9-7-16-6-8-19-18(14-16)21(27)25(15-17-4-2-1-3-5-17)22(29-19)10-12-23-13-11-22;3-2(4,5)1(6)7/h1-9,14,23,28H,10-13,15H2,(H,24,26);(H,6,7)/b9-7+;.